The van der Waals surface area contributed by atoms with E-state index in [-0.39, 0.29) is 7.05 Å². The first-order chi connectivity index (χ1) is 6.09. The van der Waals surface area contributed by atoms with E-state index in [0.29, 0.717) is 12.3 Å². The summed E-state index contributed by atoms with van der Waals surface area (Å²) in [6.07, 6.45) is 2.23. The number of carboxylic acids is 1. The molecule has 1 heterocycles. The molecule has 4 nitrogen and oxygen atoms in total. The second-order valence-corrected chi connectivity index (χ2v) is 3.73. The topological polar surface area (TPSA) is 65.1 Å². The fourth-order valence-corrected chi connectivity index (χ4v) is 1.79. The van der Waals surface area contributed by atoms with Crippen LogP contribution >= 0.6 is 0 Å². The van der Waals surface area contributed by atoms with Gasteiger partial charge in [0.15, 0.2) is 0 Å². The molecule has 0 unspecified atom stereocenters. The Labute approximate surface area is 78.7 Å². The SMILES string of the molecule is CB(O)N1CCC(CC(O)=[OH+])CC1. The van der Waals surface area contributed by atoms with Crippen molar-refractivity contribution in [2.75, 3.05) is 13.1 Å². The van der Waals surface area contributed by atoms with Crippen molar-refractivity contribution >= 4 is 13.0 Å². The van der Waals surface area contributed by atoms with Crippen LogP contribution in [0.2, 0.25) is 6.82 Å². The molecule has 3 N–H and O–H groups in total. The summed E-state index contributed by atoms with van der Waals surface area (Å²) in [6, 6.07) is 0. The normalized spacial score (nSPS) is 20.2. The van der Waals surface area contributed by atoms with Gasteiger partial charge in [0, 0.05) is 0 Å². The standard InChI is InChI=1S/C8H16BNO3/c1-9(13)10-4-2-7(3-5-10)6-8(11)12/h7,13H,2-6H2,1H3,(H,11,12)/p+1. The molecule has 1 rings (SSSR count). The van der Waals surface area contributed by atoms with Gasteiger partial charge < -0.3 is 19.7 Å². The first-order valence-corrected chi connectivity index (χ1v) is 4.75. The molecule has 1 aliphatic rings. The van der Waals surface area contributed by atoms with Crippen LogP contribution in [0.3, 0.4) is 0 Å². The zero-order valence-electron chi connectivity index (χ0n) is 7.98. The summed E-state index contributed by atoms with van der Waals surface area (Å²) < 4.78 is 0. The van der Waals surface area contributed by atoms with E-state index in [1.807, 2.05) is 4.81 Å². The smallest absolute Gasteiger partial charge is 0.437 e. The van der Waals surface area contributed by atoms with E-state index < -0.39 is 5.97 Å². The van der Waals surface area contributed by atoms with Crippen LogP contribution in [-0.4, -0.2) is 45.8 Å². The van der Waals surface area contributed by atoms with Crippen molar-refractivity contribution in [1.29, 1.82) is 0 Å². The largest absolute Gasteiger partial charge is 0.480 e. The molecule has 0 saturated carbocycles. The molecule has 5 heteroatoms. The average Bonchev–Trinajstić information content (AvgIpc) is 2.04. The first-order valence-electron chi connectivity index (χ1n) is 4.75. The Morgan fingerprint density at radius 2 is 2.08 bits per heavy atom. The van der Waals surface area contributed by atoms with Crippen LogP contribution in [0.5, 0.6) is 0 Å². The van der Waals surface area contributed by atoms with Crippen LogP contribution < -0.4 is 0 Å². The Morgan fingerprint density at radius 3 is 2.46 bits per heavy atom. The fourth-order valence-electron chi connectivity index (χ4n) is 1.79. The molecule has 74 valence electrons. The van der Waals surface area contributed by atoms with Gasteiger partial charge in [-0.25, -0.2) is 0 Å². The second-order valence-electron chi connectivity index (χ2n) is 3.73. The molecular weight excluding hydrogens is 169 g/mol. The maximum atomic E-state index is 9.27. The third-order valence-corrected chi connectivity index (χ3v) is 2.65. The van der Waals surface area contributed by atoms with Crippen LogP contribution in [0.4, 0.5) is 0 Å². The van der Waals surface area contributed by atoms with Gasteiger partial charge in [-0.05, 0) is 38.7 Å². The van der Waals surface area contributed by atoms with E-state index in [1.54, 1.807) is 6.82 Å². The highest BCUT2D eigenvalue weighted by Gasteiger charge is 2.26. The van der Waals surface area contributed by atoms with Crippen molar-refractivity contribution in [3.8, 4) is 0 Å². The molecular formula is C8H17BNO3+. The maximum absolute atomic E-state index is 9.27. The van der Waals surface area contributed by atoms with Crippen molar-refractivity contribution in [3.05, 3.63) is 0 Å². The molecule has 1 saturated heterocycles. The minimum absolute atomic E-state index is 0.361. The van der Waals surface area contributed by atoms with Crippen LogP contribution in [0, 0.1) is 5.92 Å². The highest BCUT2D eigenvalue weighted by Crippen LogP contribution is 2.20. The number of aliphatic hydroxyl groups excluding tert-OH is 1. The second kappa shape index (κ2) is 4.62. The molecule has 1 aliphatic heterocycles. The molecule has 0 aromatic rings. The van der Waals surface area contributed by atoms with Gasteiger partial charge >= 0.3 is 13.0 Å². The molecule has 0 aliphatic carbocycles. The van der Waals surface area contributed by atoms with Crippen molar-refractivity contribution in [2.45, 2.75) is 26.1 Å². The average molecular weight is 186 g/mol. The van der Waals surface area contributed by atoms with Gasteiger partial charge in [0.05, 0.1) is 0 Å². The lowest BCUT2D eigenvalue weighted by Gasteiger charge is -2.31. The van der Waals surface area contributed by atoms with Crippen molar-refractivity contribution in [1.82, 2.24) is 4.81 Å². The van der Waals surface area contributed by atoms with Crippen LogP contribution in [0.15, 0.2) is 0 Å². The highest BCUT2D eigenvalue weighted by molar-refractivity contribution is 6.45. The van der Waals surface area contributed by atoms with Gasteiger partial charge in [-0.1, -0.05) is 0 Å². The molecule has 0 aromatic carbocycles. The zero-order chi connectivity index (χ0) is 9.84. The number of aliphatic carboxylic acids is 1. The van der Waals surface area contributed by atoms with Gasteiger partial charge in [-0.15, -0.1) is 0 Å². The molecule has 0 amide bonds. The Morgan fingerprint density at radius 1 is 1.54 bits per heavy atom. The van der Waals surface area contributed by atoms with Crippen LogP contribution in [-0.2, 0) is 0 Å². The number of rotatable bonds is 3. The minimum atomic E-state index is -0.463. The van der Waals surface area contributed by atoms with E-state index in [9.17, 15) is 5.02 Å². The van der Waals surface area contributed by atoms with Gasteiger partial charge in [0.25, 0.3) is 0 Å². The Bertz CT molecular complexity index is 178. The lowest BCUT2D eigenvalue weighted by molar-refractivity contribution is 0.246. The van der Waals surface area contributed by atoms with Gasteiger partial charge in [0.1, 0.15) is 6.42 Å². The summed E-state index contributed by atoms with van der Waals surface area (Å²) in [6.45, 7) is 3.45. The predicted molar refractivity (Wildman–Crippen MR) is 52.3 cm³/mol. The highest BCUT2D eigenvalue weighted by atomic mass is 16.4. The van der Waals surface area contributed by atoms with Crippen LogP contribution in [0.25, 0.3) is 0 Å². The third-order valence-electron chi connectivity index (χ3n) is 2.65. The summed E-state index contributed by atoms with van der Waals surface area (Å²) in [4.78, 5) is 10.7. The molecule has 0 spiro atoms. The summed E-state index contributed by atoms with van der Waals surface area (Å²) in [7, 11) is -0.382. The number of carboxylic acid groups (broad SMARTS) is 1. The monoisotopic (exact) mass is 186 g/mol. The quantitative estimate of drug-likeness (QED) is 0.490. The number of piperidine rings is 1. The van der Waals surface area contributed by atoms with Gasteiger partial charge in [-0.3, -0.25) is 0 Å². The summed E-state index contributed by atoms with van der Waals surface area (Å²) in [5.41, 5.74) is 0. The lowest BCUT2D eigenvalue weighted by atomic mass is 9.80. The minimum Gasteiger partial charge on any atom is -0.437 e. The Kier molecular flexibility index (Phi) is 3.75. The van der Waals surface area contributed by atoms with Gasteiger partial charge in [0.2, 0.25) is 0 Å². The number of hydrogen-bond acceptors (Lipinski definition) is 2. The summed E-state index contributed by atoms with van der Waals surface area (Å²) in [5, 5.41) is 18.0. The Hall–Kier alpha value is -0.545. The molecule has 0 aromatic heterocycles. The van der Waals surface area contributed by atoms with Crippen molar-refractivity contribution in [3.63, 3.8) is 0 Å². The molecule has 0 atom stereocenters. The van der Waals surface area contributed by atoms with E-state index in [0.717, 1.165) is 25.9 Å². The predicted octanol–water partition coefficient (Wildman–Crippen LogP) is 0.259. The summed E-state index contributed by atoms with van der Waals surface area (Å²) in [5.74, 6) is -0.101. The van der Waals surface area contributed by atoms with E-state index >= 15 is 0 Å². The zero-order valence-corrected chi connectivity index (χ0v) is 7.98. The van der Waals surface area contributed by atoms with Crippen LogP contribution in [0.1, 0.15) is 19.3 Å². The van der Waals surface area contributed by atoms with E-state index in [1.165, 1.54) is 0 Å². The molecule has 1 fully saturated rings. The van der Waals surface area contributed by atoms with Crippen molar-refractivity contribution < 1.29 is 14.9 Å². The molecule has 0 radical (unpaired) electrons. The van der Waals surface area contributed by atoms with E-state index in [4.69, 9.17) is 9.90 Å². The molecule has 13 heavy (non-hydrogen) atoms. The number of nitrogens with zero attached hydrogens (tertiary/aromatic N) is 1. The summed E-state index contributed by atoms with van der Waals surface area (Å²) >= 11 is 0. The lowest BCUT2D eigenvalue weighted by Crippen LogP contribution is -2.43. The Balaban J connectivity index is 2.26. The first kappa shape index (κ1) is 10.5. The maximum Gasteiger partial charge on any atom is 0.480 e. The fraction of sp³-hybridized carbons (Fsp3) is 0.875. The van der Waals surface area contributed by atoms with Crippen molar-refractivity contribution in [2.24, 2.45) is 5.92 Å². The number of hydrogen-bond donors (Lipinski definition) is 2. The third kappa shape index (κ3) is 3.36. The molecule has 0 bridgehead atoms. The van der Waals surface area contributed by atoms with E-state index in [2.05, 4.69) is 0 Å². The van der Waals surface area contributed by atoms with Gasteiger partial charge in [-0.2, -0.15) is 0 Å².